The van der Waals surface area contributed by atoms with Crippen LogP contribution in [0.25, 0.3) is 32.9 Å². The molecule has 0 aliphatic heterocycles. The predicted octanol–water partition coefficient (Wildman–Crippen LogP) is 7.29. The average molecular weight is 349 g/mol. The van der Waals surface area contributed by atoms with Gasteiger partial charge in [0.2, 0.25) is 0 Å². The zero-order valence-corrected chi connectivity index (χ0v) is 15.7. The zero-order valence-electron chi connectivity index (χ0n) is 15.7. The Morgan fingerprint density at radius 3 is 1.70 bits per heavy atom. The van der Waals surface area contributed by atoms with Gasteiger partial charge in [-0.25, -0.2) is 0 Å². The number of hydrogen-bond acceptors (Lipinski definition) is 0. The summed E-state index contributed by atoms with van der Waals surface area (Å²) in [5, 5.41) is 2.61. The molecule has 0 unspecified atom stereocenters. The molecule has 4 aromatic carbocycles. The number of aryl methyl sites for hydroxylation is 1. The summed E-state index contributed by atoms with van der Waals surface area (Å²) in [6.07, 6.45) is 0. The van der Waals surface area contributed by atoms with E-state index in [1.807, 2.05) is 0 Å². The molecule has 0 bridgehead atoms. The van der Waals surface area contributed by atoms with Crippen molar-refractivity contribution >= 4 is 21.8 Å². The van der Waals surface area contributed by atoms with Gasteiger partial charge in [-0.3, -0.25) is 0 Å². The van der Waals surface area contributed by atoms with Crippen LogP contribution in [0.15, 0.2) is 97.1 Å². The largest absolute Gasteiger partial charge is 0.355 e. The monoisotopic (exact) mass is 349 g/mol. The molecule has 1 nitrogen and oxygen atoms in total. The Morgan fingerprint density at radius 2 is 1.07 bits per heavy atom. The van der Waals surface area contributed by atoms with Crippen LogP contribution < -0.4 is 0 Å². The molecule has 0 amide bonds. The maximum absolute atomic E-state index is 3.38. The molecule has 0 atom stereocenters. The van der Waals surface area contributed by atoms with E-state index in [4.69, 9.17) is 0 Å². The first-order valence-electron chi connectivity index (χ1n) is 9.31. The van der Waals surface area contributed by atoms with E-state index >= 15 is 0 Å². The molecule has 0 radical (unpaired) electrons. The lowest BCUT2D eigenvalue weighted by atomic mass is 9.97. The van der Waals surface area contributed by atoms with Crippen LogP contribution in [-0.4, -0.2) is 4.98 Å². The van der Waals surface area contributed by atoms with Crippen LogP contribution in [0.3, 0.4) is 0 Å². The topological polar surface area (TPSA) is 15.8 Å². The van der Waals surface area contributed by atoms with Crippen LogP contribution in [0.2, 0.25) is 0 Å². The van der Waals surface area contributed by atoms with Gasteiger partial charge in [0, 0.05) is 21.8 Å². The molecule has 27 heavy (non-hydrogen) atoms. The van der Waals surface area contributed by atoms with Crippen LogP contribution in [0.1, 0.15) is 11.1 Å². The van der Waals surface area contributed by atoms with Crippen molar-refractivity contribution in [3.8, 4) is 11.1 Å². The fraction of sp³-hybridized carbons (Fsp3) is 0.0769. The third-order valence-corrected chi connectivity index (χ3v) is 5.10. The third-order valence-electron chi connectivity index (χ3n) is 5.10. The highest BCUT2D eigenvalue weighted by atomic mass is 14.7. The smallest absolute Gasteiger partial charge is 0.0464 e. The van der Waals surface area contributed by atoms with Gasteiger partial charge in [0.25, 0.3) is 0 Å². The van der Waals surface area contributed by atoms with Crippen molar-refractivity contribution < 1.29 is 0 Å². The van der Waals surface area contributed by atoms with E-state index in [1.54, 1.807) is 0 Å². The molecule has 5 aromatic rings. The second-order valence-corrected chi connectivity index (χ2v) is 6.83. The molecule has 1 heteroatoms. The van der Waals surface area contributed by atoms with E-state index in [-0.39, 0.29) is 0 Å². The van der Waals surface area contributed by atoms with Gasteiger partial charge in [0.05, 0.1) is 0 Å². The summed E-state index contributed by atoms with van der Waals surface area (Å²) in [5.41, 5.74) is 7.79. The first-order valence-corrected chi connectivity index (χ1v) is 9.31. The number of rotatable bonds is 1. The molecule has 1 heterocycles. The number of para-hydroxylation sites is 2. The van der Waals surface area contributed by atoms with E-state index in [9.17, 15) is 0 Å². The maximum atomic E-state index is 3.38. The van der Waals surface area contributed by atoms with Gasteiger partial charge < -0.3 is 4.98 Å². The molecule has 0 aliphatic carbocycles. The molecule has 0 saturated heterocycles. The minimum Gasteiger partial charge on any atom is -0.355 e. The summed E-state index contributed by atoms with van der Waals surface area (Å²) < 4.78 is 0. The fourth-order valence-electron chi connectivity index (χ4n) is 3.48. The third kappa shape index (κ3) is 3.50. The van der Waals surface area contributed by atoms with Crippen molar-refractivity contribution in [3.63, 3.8) is 0 Å². The summed E-state index contributed by atoms with van der Waals surface area (Å²) in [6, 6.07) is 33.7. The highest BCUT2D eigenvalue weighted by molar-refractivity contribution is 6.06. The standard InChI is InChI=1S/C14H14.C12H9N/c1-11-7-6-10-14(12(11)2)13-8-4-3-5-9-13;1-3-7-11-9(5-1)10-6-2-4-8-12(10)13-11/h3-10H,1-2H3;1-8,13H. The SMILES string of the molecule is Cc1cccc(-c2ccccc2)c1C.c1ccc2c(c1)[nH]c1ccccc12. The Kier molecular flexibility index (Phi) is 4.76. The normalized spacial score (nSPS) is 10.6. The summed E-state index contributed by atoms with van der Waals surface area (Å²) in [5.74, 6) is 0. The quantitative estimate of drug-likeness (QED) is 0.327. The molecule has 0 aliphatic rings. The number of benzene rings is 4. The summed E-state index contributed by atoms with van der Waals surface area (Å²) >= 11 is 0. The molecule has 1 N–H and O–H groups in total. The Labute approximate surface area is 160 Å². The average Bonchev–Trinajstić information content (AvgIpc) is 3.10. The molecule has 5 rings (SSSR count). The highest BCUT2D eigenvalue weighted by Crippen LogP contribution is 2.25. The summed E-state index contributed by atoms with van der Waals surface area (Å²) in [7, 11) is 0. The fourth-order valence-corrected chi connectivity index (χ4v) is 3.48. The van der Waals surface area contributed by atoms with Crippen LogP contribution in [0.5, 0.6) is 0 Å². The predicted molar refractivity (Wildman–Crippen MR) is 117 cm³/mol. The lowest BCUT2D eigenvalue weighted by Crippen LogP contribution is -1.85. The number of nitrogens with one attached hydrogen (secondary N) is 1. The van der Waals surface area contributed by atoms with Crippen LogP contribution >= 0.6 is 0 Å². The van der Waals surface area contributed by atoms with Crippen molar-refractivity contribution in [1.82, 2.24) is 4.98 Å². The lowest BCUT2D eigenvalue weighted by molar-refractivity contribution is 1.34. The van der Waals surface area contributed by atoms with Crippen molar-refractivity contribution in [2.45, 2.75) is 13.8 Å². The lowest BCUT2D eigenvalue weighted by Gasteiger charge is -2.07. The van der Waals surface area contributed by atoms with Crippen LogP contribution in [0.4, 0.5) is 0 Å². The number of aromatic amines is 1. The molecular formula is C26H23N. The minimum atomic E-state index is 1.21. The van der Waals surface area contributed by atoms with Crippen LogP contribution in [0, 0.1) is 13.8 Å². The van der Waals surface area contributed by atoms with E-state index in [2.05, 4.69) is 116 Å². The molecule has 132 valence electrons. The van der Waals surface area contributed by atoms with Gasteiger partial charge in [0.1, 0.15) is 0 Å². The molecular weight excluding hydrogens is 326 g/mol. The van der Waals surface area contributed by atoms with Gasteiger partial charge in [0.15, 0.2) is 0 Å². The van der Waals surface area contributed by atoms with Gasteiger partial charge in [-0.05, 0) is 48.2 Å². The number of aromatic nitrogens is 1. The number of fused-ring (bicyclic) bond motifs is 3. The highest BCUT2D eigenvalue weighted by Gasteiger charge is 2.02. The van der Waals surface area contributed by atoms with Gasteiger partial charge in [-0.15, -0.1) is 0 Å². The minimum absolute atomic E-state index is 1.21. The Balaban J connectivity index is 0.000000134. The Bertz CT molecular complexity index is 1130. The van der Waals surface area contributed by atoms with Crippen molar-refractivity contribution in [3.05, 3.63) is 108 Å². The molecule has 0 saturated carbocycles. The van der Waals surface area contributed by atoms with E-state index in [0.717, 1.165) is 0 Å². The maximum Gasteiger partial charge on any atom is 0.0464 e. The zero-order chi connectivity index (χ0) is 18.6. The molecule has 0 fully saturated rings. The van der Waals surface area contributed by atoms with E-state index < -0.39 is 0 Å². The van der Waals surface area contributed by atoms with Crippen LogP contribution in [-0.2, 0) is 0 Å². The molecule has 1 aromatic heterocycles. The number of hydrogen-bond donors (Lipinski definition) is 1. The first kappa shape index (κ1) is 17.1. The van der Waals surface area contributed by atoms with E-state index in [1.165, 1.54) is 44.1 Å². The van der Waals surface area contributed by atoms with Crippen molar-refractivity contribution in [2.75, 3.05) is 0 Å². The summed E-state index contributed by atoms with van der Waals surface area (Å²) in [6.45, 7) is 4.33. The van der Waals surface area contributed by atoms with Gasteiger partial charge in [-0.1, -0.05) is 84.9 Å². The van der Waals surface area contributed by atoms with E-state index in [0.29, 0.717) is 0 Å². The summed E-state index contributed by atoms with van der Waals surface area (Å²) in [4.78, 5) is 3.38. The van der Waals surface area contributed by atoms with Gasteiger partial charge in [-0.2, -0.15) is 0 Å². The number of H-pyrrole nitrogens is 1. The molecule has 0 spiro atoms. The van der Waals surface area contributed by atoms with Gasteiger partial charge >= 0.3 is 0 Å². The first-order chi connectivity index (χ1) is 13.2. The van der Waals surface area contributed by atoms with Crippen molar-refractivity contribution in [1.29, 1.82) is 0 Å². The second kappa shape index (κ2) is 7.51. The Hall–Kier alpha value is -3.32. The second-order valence-electron chi connectivity index (χ2n) is 6.83. The Morgan fingerprint density at radius 1 is 0.519 bits per heavy atom. The van der Waals surface area contributed by atoms with Crippen molar-refractivity contribution in [2.24, 2.45) is 0 Å².